The third-order valence-electron chi connectivity index (χ3n) is 9.79. The number of nitrogens with one attached hydrogen (secondary N) is 2. The predicted octanol–water partition coefficient (Wildman–Crippen LogP) is 9.81. The van der Waals surface area contributed by atoms with Crippen molar-refractivity contribution in [3.05, 3.63) is 60.1 Å². The van der Waals surface area contributed by atoms with Gasteiger partial charge in [0.15, 0.2) is 0 Å². The van der Waals surface area contributed by atoms with Gasteiger partial charge in [0.2, 0.25) is 0 Å². The molecule has 0 atom stereocenters. The zero-order chi connectivity index (χ0) is 33.1. The first-order valence-electron chi connectivity index (χ1n) is 17.4. The molecule has 6 heteroatoms. The molecule has 0 bridgehead atoms. The molecule has 0 unspecified atom stereocenters. The Morgan fingerprint density at radius 3 is 1.59 bits per heavy atom. The molecule has 2 aromatic carbocycles. The van der Waals surface area contributed by atoms with Gasteiger partial charge in [0.1, 0.15) is 46.4 Å². The van der Waals surface area contributed by atoms with Crippen molar-refractivity contribution in [2.24, 2.45) is 0 Å². The van der Waals surface area contributed by atoms with E-state index in [0.717, 1.165) is 83.5 Å². The molecule has 2 N–H and O–H groups in total. The van der Waals surface area contributed by atoms with Gasteiger partial charge in [-0.2, -0.15) is 0 Å². The second-order valence-corrected chi connectivity index (χ2v) is 17.5. The highest BCUT2D eigenvalue weighted by molar-refractivity contribution is 5.80. The molecule has 0 amide bonds. The van der Waals surface area contributed by atoms with Crippen LogP contribution in [0.4, 0.5) is 0 Å². The first-order valence-corrected chi connectivity index (χ1v) is 17.4. The molecule has 0 radical (unpaired) electrons. The molecule has 2 fully saturated rings. The Morgan fingerprint density at radius 2 is 1.09 bits per heavy atom. The number of hydrogen-bond donors (Lipinski definition) is 2. The fraction of sp³-hybridized carbons (Fsp3) is 0.600. The minimum Gasteiger partial charge on any atom is -0.490 e. The lowest BCUT2D eigenvalue weighted by molar-refractivity contribution is 0.0689. The molecule has 6 rings (SSSR count). The van der Waals surface area contributed by atoms with E-state index >= 15 is 0 Å². The minimum absolute atomic E-state index is 0.00964. The normalized spacial score (nSPS) is 22.6. The largest absolute Gasteiger partial charge is 0.490 e. The quantitative estimate of drug-likeness (QED) is 0.172. The molecule has 4 aromatic rings. The SMILES string of the molecule is CC(C)(C)N[C@H]1C[C@@H](Oc2ccc3cc(C(C)(C)CCC(C)(C)N[C@H]4C[C@H](Oc5ccc6cc(C(C)(C)C)oc6c5)C4)oc3c2)C1. The van der Waals surface area contributed by atoms with Crippen LogP contribution in [-0.4, -0.2) is 35.4 Å². The monoisotopic (exact) mass is 628 g/mol. The highest BCUT2D eigenvalue weighted by Gasteiger charge is 2.36. The van der Waals surface area contributed by atoms with Crippen LogP contribution in [-0.2, 0) is 10.8 Å². The number of hydrogen-bond acceptors (Lipinski definition) is 6. The Kier molecular flexibility index (Phi) is 8.55. The van der Waals surface area contributed by atoms with E-state index in [1.54, 1.807) is 0 Å². The third kappa shape index (κ3) is 7.77. The summed E-state index contributed by atoms with van der Waals surface area (Å²) in [5.41, 5.74) is 1.86. The summed E-state index contributed by atoms with van der Waals surface area (Å²) in [6, 6.07) is 17.8. The lowest BCUT2D eigenvalue weighted by atomic mass is 9.79. The molecule has 250 valence electrons. The van der Waals surface area contributed by atoms with Crippen LogP contribution in [0.15, 0.2) is 57.4 Å². The molecule has 0 aliphatic heterocycles. The van der Waals surface area contributed by atoms with Crippen LogP contribution in [0, 0.1) is 0 Å². The average molecular weight is 629 g/mol. The van der Waals surface area contributed by atoms with E-state index in [9.17, 15) is 0 Å². The van der Waals surface area contributed by atoms with E-state index in [2.05, 4.69) is 122 Å². The lowest BCUT2D eigenvalue weighted by Crippen LogP contribution is -2.54. The second kappa shape index (κ2) is 11.9. The summed E-state index contributed by atoms with van der Waals surface area (Å²) in [5.74, 6) is 3.83. The maximum absolute atomic E-state index is 6.45. The first-order chi connectivity index (χ1) is 21.4. The Labute approximate surface area is 276 Å². The topological polar surface area (TPSA) is 68.8 Å². The molecule has 0 saturated heterocycles. The van der Waals surface area contributed by atoms with Gasteiger partial charge in [-0.25, -0.2) is 0 Å². The van der Waals surface area contributed by atoms with Crippen molar-refractivity contribution >= 4 is 21.9 Å². The lowest BCUT2D eigenvalue weighted by Gasteiger charge is -2.42. The minimum atomic E-state index is -0.0819. The van der Waals surface area contributed by atoms with Crippen molar-refractivity contribution < 1.29 is 18.3 Å². The number of benzene rings is 2. The molecular formula is C40H56N2O4. The molecule has 6 nitrogen and oxygen atoms in total. The Bertz CT molecular complexity index is 1650. The standard InChI is InChI=1S/C40H56N2O4/c1-37(2,3)35-17-25-11-13-29(23-33(25)45-35)44-32-21-28(22-32)42-40(9,10)16-15-39(7,8)36-18-26-12-14-30(24-34(26)46-36)43-31-19-27(20-31)41-38(4,5)6/h11-14,17-18,23-24,27-28,31-32,41-42H,15-16,19-22H2,1-10H3/t27-,28-,31+,32-. The highest BCUT2D eigenvalue weighted by Crippen LogP contribution is 2.38. The van der Waals surface area contributed by atoms with Crippen LogP contribution in [0.1, 0.15) is 119 Å². The smallest absolute Gasteiger partial charge is 0.137 e. The second-order valence-electron chi connectivity index (χ2n) is 17.5. The zero-order valence-corrected chi connectivity index (χ0v) is 29.8. The Hall–Kier alpha value is -2.96. The summed E-state index contributed by atoms with van der Waals surface area (Å²) in [7, 11) is 0. The van der Waals surface area contributed by atoms with Gasteiger partial charge in [-0.15, -0.1) is 0 Å². The Morgan fingerprint density at radius 1 is 0.609 bits per heavy atom. The van der Waals surface area contributed by atoms with Gasteiger partial charge in [-0.1, -0.05) is 34.6 Å². The molecule has 2 aromatic heterocycles. The van der Waals surface area contributed by atoms with Gasteiger partial charge in [-0.05, 0) is 110 Å². The predicted molar refractivity (Wildman–Crippen MR) is 188 cm³/mol. The van der Waals surface area contributed by atoms with E-state index < -0.39 is 0 Å². The van der Waals surface area contributed by atoms with Gasteiger partial charge < -0.3 is 28.9 Å². The van der Waals surface area contributed by atoms with Crippen molar-refractivity contribution in [3.63, 3.8) is 0 Å². The van der Waals surface area contributed by atoms with Gasteiger partial charge in [0, 0.05) is 56.9 Å². The van der Waals surface area contributed by atoms with Gasteiger partial charge >= 0.3 is 0 Å². The molecule has 2 aliphatic rings. The molecule has 2 aliphatic carbocycles. The van der Waals surface area contributed by atoms with Crippen LogP contribution in [0.25, 0.3) is 21.9 Å². The molecule has 0 spiro atoms. The van der Waals surface area contributed by atoms with Crippen molar-refractivity contribution in [2.45, 2.75) is 154 Å². The van der Waals surface area contributed by atoms with Crippen molar-refractivity contribution in [2.75, 3.05) is 0 Å². The van der Waals surface area contributed by atoms with E-state index in [0.29, 0.717) is 12.1 Å². The summed E-state index contributed by atoms with van der Waals surface area (Å²) in [6.45, 7) is 22.4. The van der Waals surface area contributed by atoms with E-state index in [4.69, 9.17) is 18.3 Å². The molecule has 2 heterocycles. The first kappa shape index (κ1) is 33.0. The van der Waals surface area contributed by atoms with E-state index in [1.165, 1.54) is 0 Å². The highest BCUT2D eigenvalue weighted by atomic mass is 16.5. The summed E-state index contributed by atoms with van der Waals surface area (Å²) in [6.07, 6.45) is 6.68. The maximum atomic E-state index is 6.45. The van der Waals surface area contributed by atoms with Crippen LogP contribution in [0.5, 0.6) is 11.5 Å². The number of furan rings is 2. The third-order valence-corrected chi connectivity index (χ3v) is 9.79. The fourth-order valence-electron chi connectivity index (χ4n) is 6.80. The summed E-state index contributed by atoms with van der Waals surface area (Å²) >= 11 is 0. The Balaban J connectivity index is 0.971. The van der Waals surface area contributed by atoms with Gasteiger partial charge in [-0.3, -0.25) is 0 Å². The van der Waals surface area contributed by atoms with Crippen LogP contribution in [0.3, 0.4) is 0 Å². The fourth-order valence-corrected chi connectivity index (χ4v) is 6.80. The molecular weight excluding hydrogens is 572 g/mol. The van der Waals surface area contributed by atoms with Crippen LogP contribution < -0.4 is 20.1 Å². The van der Waals surface area contributed by atoms with E-state index in [-0.39, 0.29) is 34.1 Å². The zero-order valence-electron chi connectivity index (χ0n) is 29.8. The summed E-state index contributed by atoms with van der Waals surface area (Å²) < 4.78 is 25.2. The average Bonchev–Trinajstić information content (AvgIpc) is 3.53. The number of fused-ring (bicyclic) bond motifs is 2. The van der Waals surface area contributed by atoms with E-state index in [1.807, 2.05) is 6.07 Å². The van der Waals surface area contributed by atoms with Gasteiger partial charge in [0.05, 0.1) is 0 Å². The van der Waals surface area contributed by atoms with Crippen molar-refractivity contribution in [1.29, 1.82) is 0 Å². The maximum Gasteiger partial charge on any atom is 0.137 e. The number of rotatable bonds is 11. The van der Waals surface area contributed by atoms with Crippen molar-refractivity contribution in [3.8, 4) is 11.5 Å². The summed E-state index contributed by atoms with van der Waals surface area (Å²) in [5, 5.41) is 9.84. The number of ether oxygens (including phenoxy) is 2. The molecule has 46 heavy (non-hydrogen) atoms. The van der Waals surface area contributed by atoms with Crippen molar-refractivity contribution in [1.82, 2.24) is 10.6 Å². The molecule has 2 saturated carbocycles. The van der Waals surface area contributed by atoms with Crippen LogP contribution in [0.2, 0.25) is 0 Å². The van der Waals surface area contributed by atoms with Crippen LogP contribution >= 0.6 is 0 Å². The van der Waals surface area contributed by atoms with Gasteiger partial charge in [0.25, 0.3) is 0 Å². The summed E-state index contributed by atoms with van der Waals surface area (Å²) in [4.78, 5) is 0.